The maximum atomic E-state index is 11.1. The first-order valence-electron chi connectivity index (χ1n) is 5.11. The van der Waals surface area contributed by atoms with Crippen molar-refractivity contribution in [3.05, 3.63) is 36.2 Å². The molecule has 2 aromatic rings. The number of primary sulfonamides is 1. The van der Waals surface area contributed by atoms with E-state index in [9.17, 15) is 8.42 Å². The van der Waals surface area contributed by atoms with Crippen molar-refractivity contribution in [3.63, 3.8) is 0 Å². The van der Waals surface area contributed by atoms with Crippen molar-refractivity contribution >= 4 is 21.4 Å². The van der Waals surface area contributed by atoms with Crippen LogP contribution in [0, 0.1) is 0 Å². The maximum Gasteiger partial charge on any atom is 0.238 e. The number of aromatic amines is 1. The summed E-state index contributed by atoms with van der Waals surface area (Å²) in [6.07, 6.45) is 1.64. The van der Waals surface area contributed by atoms with E-state index in [1.807, 2.05) is 6.07 Å². The van der Waals surface area contributed by atoms with Gasteiger partial charge in [-0.1, -0.05) is 0 Å². The fourth-order valence-electron chi connectivity index (χ4n) is 1.45. The smallest absolute Gasteiger partial charge is 0.238 e. The van der Waals surface area contributed by atoms with E-state index in [4.69, 9.17) is 10.9 Å². The Morgan fingerprint density at radius 1 is 1.33 bits per heavy atom. The molecule has 6 N–H and O–H groups in total. The van der Waals surface area contributed by atoms with Gasteiger partial charge >= 0.3 is 0 Å². The number of nitrogen functional groups attached to an aromatic ring is 1. The van der Waals surface area contributed by atoms with Crippen LogP contribution in [0.1, 0.15) is 5.69 Å². The molecule has 1 aromatic heterocycles. The first kappa shape index (κ1) is 12.4. The molecular formula is C10H13N5O2S. The lowest BCUT2D eigenvalue weighted by molar-refractivity contribution is 0.598. The van der Waals surface area contributed by atoms with Gasteiger partial charge in [0.05, 0.1) is 28.5 Å². The molecule has 2 rings (SSSR count). The summed E-state index contributed by atoms with van der Waals surface area (Å²) in [5.41, 5.74) is 7.60. The summed E-state index contributed by atoms with van der Waals surface area (Å²) in [4.78, 5) is -0.00732. The molecule has 0 saturated heterocycles. The summed E-state index contributed by atoms with van der Waals surface area (Å²) in [5, 5.41) is 14.7. The van der Waals surface area contributed by atoms with Crippen molar-refractivity contribution in [3.8, 4) is 0 Å². The average molecular weight is 267 g/mol. The van der Waals surface area contributed by atoms with Crippen LogP contribution in [-0.2, 0) is 16.6 Å². The van der Waals surface area contributed by atoms with Crippen molar-refractivity contribution < 1.29 is 8.42 Å². The quantitative estimate of drug-likeness (QED) is 0.590. The minimum Gasteiger partial charge on any atom is -0.397 e. The number of nitrogens with one attached hydrogen (secondary N) is 2. The normalized spacial score (nSPS) is 11.4. The Morgan fingerprint density at radius 3 is 2.67 bits per heavy atom. The second-order valence-electron chi connectivity index (χ2n) is 3.73. The van der Waals surface area contributed by atoms with Gasteiger partial charge in [0.1, 0.15) is 0 Å². The minimum atomic E-state index is -3.72. The summed E-state index contributed by atoms with van der Waals surface area (Å²) in [7, 11) is -3.72. The highest BCUT2D eigenvalue weighted by atomic mass is 32.2. The highest BCUT2D eigenvalue weighted by Crippen LogP contribution is 2.22. The number of nitrogens with zero attached hydrogens (tertiary/aromatic N) is 1. The molecule has 1 heterocycles. The molecule has 0 aliphatic heterocycles. The topological polar surface area (TPSA) is 127 Å². The zero-order valence-electron chi connectivity index (χ0n) is 9.42. The van der Waals surface area contributed by atoms with Crippen molar-refractivity contribution in [1.29, 1.82) is 0 Å². The molecule has 0 aliphatic rings. The molecule has 0 spiro atoms. The number of anilines is 2. The summed E-state index contributed by atoms with van der Waals surface area (Å²) in [6.45, 7) is 0.513. The zero-order chi connectivity index (χ0) is 13.2. The highest BCUT2D eigenvalue weighted by Gasteiger charge is 2.09. The van der Waals surface area contributed by atoms with Gasteiger partial charge in [-0.05, 0) is 24.3 Å². The molecule has 0 bridgehead atoms. The molecule has 0 aliphatic carbocycles. The Balaban J connectivity index is 2.15. The predicted molar refractivity (Wildman–Crippen MR) is 68.1 cm³/mol. The van der Waals surface area contributed by atoms with Crippen molar-refractivity contribution in [2.75, 3.05) is 11.1 Å². The van der Waals surface area contributed by atoms with Crippen LogP contribution < -0.4 is 16.2 Å². The van der Waals surface area contributed by atoms with Crippen molar-refractivity contribution in [2.45, 2.75) is 11.4 Å². The number of hydrogen-bond acceptors (Lipinski definition) is 5. The monoisotopic (exact) mass is 267 g/mol. The molecule has 0 saturated carbocycles. The number of nitrogens with two attached hydrogens (primary N) is 2. The SMILES string of the molecule is Nc1cc(S(N)(=O)=O)ccc1NCc1ccn[nH]1. The van der Waals surface area contributed by atoms with Crippen LogP contribution in [0.5, 0.6) is 0 Å². The van der Waals surface area contributed by atoms with E-state index in [0.717, 1.165) is 5.69 Å². The van der Waals surface area contributed by atoms with Crippen molar-refractivity contribution in [1.82, 2.24) is 10.2 Å². The van der Waals surface area contributed by atoms with E-state index in [-0.39, 0.29) is 4.90 Å². The summed E-state index contributed by atoms with van der Waals surface area (Å²) >= 11 is 0. The third-order valence-electron chi connectivity index (χ3n) is 2.38. The molecule has 0 radical (unpaired) electrons. The van der Waals surface area contributed by atoms with Crippen LogP contribution in [-0.4, -0.2) is 18.6 Å². The Morgan fingerprint density at radius 2 is 2.11 bits per heavy atom. The second-order valence-corrected chi connectivity index (χ2v) is 5.29. The van der Waals surface area contributed by atoms with Gasteiger partial charge in [-0.2, -0.15) is 5.10 Å². The Hall–Kier alpha value is -2.06. The highest BCUT2D eigenvalue weighted by molar-refractivity contribution is 7.89. The van der Waals surface area contributed by atoms with Gasteiger partial charge in [0.2, 0.25) is 10.0 Å². The predicted octanol–water partition coefficient (Wildman–Crippen LogP) is 0.251. The summed E-state index contributed by atoms with van der Waals surface area (Å²) < 4.78 is 22.3. The molecule has 7 nitrogen and oxygen atoms in total. The van der Waals surface area contributed by atoms with Gasteiger partial charge in [-0.25, -0.2) is 13.6 Å². The van der Waals surface area contributed by atoms with Crippen LogP contribution >= 0.6 is 0 Å². The van der Waals surface area contributed by atoms with E-state index in [1.165, 1.54) is 12.1 Å². The Bertz CT molecular complexity index is 636. The number of sulfonamides is 1. The standard InChI is InChI=1S/C10H13N5O2S/c11-9-5-8(18(12,16)17)1-2-10(9)13-6-7-3-4-14-15-7/h1-5,13H,6,11H2,(H,14,15)(H2,12,16,17). The lowest BCUT2D eigenvalue weighted by Gasteiger charge is -2.09. The van der Waals surface area contributed by atoms with Crippen LogP contribution in [0.3, 0.4) is 0 Å². The largest absolute Gasteiger partial charge is 0.397 e. The zero-order valence-corrected chi connectivity index (χ0v) is 10.2. The molecular weight excluding hydrogens is 254 g/mol. The van der Waals surface area contributed by atoms with Gasteiger partial charge in [0.25, 0.3) is 0 Å². The average Bonchev–Trinajstić information content (AvgIpc) is 2.79. The van der Waals surface area contributed by atoms with Crippen molar-refractivity contribution in [2.24, 2.45) is 5.14 Å². The van der Waals surface area contributed by atoms with Gasteiger partial charge in [0, 0.05) is 6.20 Å². The molecule has 8 heteroatoms. The number of rotatable bonds is 4. The molecule has 0 unspecified atom stereocenters. The Kier molecular flexibility index (Phi) is 3.21. The van der Waals surface area contributed by atoms with E-state index >= 15 is 0 Å². The third kappa shape index (κ3) is 2.79. The molecule has 18 heavy (non-hydrogen) atoms. The van der Waals surface area contributed by atoms with Gasteiger partial charge in [0.15, 0.2) is 0 Å². The molecule has 0 fully saturated rings. The molecule has 96 valence electrons. The molecule has 0 atom stereocenters. The fourth-order valence-corrected chi connectivity index (χ4v) is 2.00. The van der Waals surface area contributed by atoms with Gasteiger partial charge in [-0.3, -0.25) is 5.10 Å². The molecule has 1 aromatic carbocycles. The lowest BCUT2D eigenvalue weighted by atomic mass is 10.2. The van der Waals surface area contributed by atoms with E-state index in [1.54, 1.807) is 12.3 Å². The number of aromatic nitrogens is 2. The van der Waals surface area contributed by atoms with Crippen LogP contribution in [0.4, 0.5) is 11.4 Å². The van der Waals surface area contributed by atoms with E-state index in [0.29, 0.717) is 17.9 Å². The first-order valence-corrected chi connectivity index (χ1v) is 6.66. The lowest BCUT2D eigenvalue weighted by Crippen LogP contribution is -2.13. The third-order valence-corrected chi connectivity index (χ3v) is 3.29. The van der Waals surface area contributed by atoms with Gasteiger partial charge < -0.3 is 11.1 Å². The first-order chi connectivity index (χ1) is 8.47. The van der Waals surface area contributed by atoms with E-state index < -0.39 is 10.0 Å². The number of H-pyrrole nitrogens is 1. The maximum absolute atomic E-state index is 11.1. The summed E-state index contributed by atoms with van der Waals surface area (Å²) in [6, 6.07) is 6.12. The Labute approximate surface area is 104 Å². The van der Waals surface area contributed by atoms with Crippen LogP contribution in [0.2, 0.25) is 0 Å². The minimum absolute atomic E-state index is 0.00732. The van der Waals surface area contributed by atoms with Crippen LogP contribution in [0.25, 0.3) is 0 Å². The summed E-state index contributed by atoms with van der Waals surface area (Å²) in [5.74, 6) is 0. The van der Waals surface area contributed by atoms with E-state index in [2.05, 4.69) is 15.5 Å². The van der Waals surface area contributed by atoms with Gasteiger partial charge in [-0.15, -0.1) is 0 Å². The second kappa shape index (κ2) is 4.67. The fraction of sp³-hybridized carbons (Fsp3) is 0.100. The number of benzene rings is 1. The number of hydrogen-bond donors (Lipinski definition) is 4. The molecule has 0 amide bonds. The van der Waals surface area contributed by atoms with Crippen LogP contribution in [0.15, 0.2) is 35.4 Å².